The minimum absolute atomic E-state index is 0.468. The Morgan fingerprint density at radius 3 is 2.74 bits per heavy atom. The molecule has 1 fully saturated rings. The van der Waals surface area contributed by atoms with Gasteiger partial charge in [0.2, 0.25) is 10.0 Å². The quantitative estimate of drug-likeness (QED) is 0.740. The van der Waals surface area contributed by atoms with E-state index in [4.69, 9.17) is 0 Å². The largest absolute Gasteiger partial charge is 0.319 e. The summed E-state index contributed by atoms with van der Waals surface area (Å²) in [4.78, 5) is 2.33. The van der Waals surface area contributed by atoms with Crippen LogP contribution in [0.4, 0.5) is 0 Å². The summed E-state index contributed by atoms with van der Waals surface area (Å²) in [6.07, 6.45) is 3.43. The molecular formula is C13H29N3O2S. The number of hydrogen-bond acceptors (Lipinski definition) is 4. The molecule has 1 saturated heterocycles. The summed E-state index contributed by atoms with van der Waals surface area (Å²) < 4.78 is 24.8. The number of nitrogens with one attached hydrogen (secondary N) is 1. The third kappa shape index (κ3) is 6.21. The molecule has 1 aliphatic rings. The lowest BCUT2D eigenvalue weighted by atomic mass is 9.99. The average Bonchev–Trinajstić information content (AvgIpc) is 2.28. The maximum atomic E-state index is 11.6. The Morgan fingerprint density at radius 1 is 1.47 bits per heavy atom. The van der Waals surface area contributed by atoms with E-state index in [9.17, 15) is 8.42 Å². The first kappa shape index (κ1) is 16.9. The third-order valence-corrected chi connectivity index (χ3v) is 4.97. The molecule has 0 aromatic carbocycles. The fraction of sp³-hybridized carbons (Fsp3) is 1.00. The molecule has 2 atom stereocenters. The van der Waals surface area contributed by atoms with Gasteiger partial charge < -0.3 is 10.2 Å². The lowest BCUT2D eigenvalue weighted by Gasteiger charge is -2.33. The lowest BCUT2D eigenvalue weighted by Crippen LogP contribution is -2.43. The van der Waals surface area contributed by atoms with Crippen molar-refractivity contribution in [3.05, 3.63) is 0 Å². The molecule has 0 aliphatic carbocycles. The Kier molecular flexibility index (Phi) is 6.73. The van der Waals surface area contributed by atoms with Gasteiger partial charge in [-0.05, 0) is 45.3 Å². The van der Waals surface area contributed by atoms with Crippen molar-refractivity contribution < 1.29 is 8.42 Å². The van der Waals surface area contributed by atoms with Crippen LogP contribution < -0.4 is 5.32 Å². The van der Waals surface area contributed by atoms with Crippen molar-refractivity contribution in [2.24, 2.45) is 11.8 Å². The predicted octanol–water partition coefficient (Wildman–Crippen LogP) is 0.445. The van der Waals surface area contributed by atoms with Crippen molar-refractivity contribution in [3.63, 3.8) is 0 Å². The molecule has 0 spiro atoms. The van der Waals surface area contributed by atoms with Crippen LogP contribution in [0.1, 0.15) is 19.8 Å². The topological polar surface area (TPSA) is 52.6 Å². The maximum Gasteiger partial charge on any atom is 0.211 e. The van der Waals surface area contributed by atoms with Crippen LogP contribution in [0.3, 0.4) is 0 Å². The highest BCUT2D eigenvalue weighted by atomic mass is 32.2. The zero-order valence-corrected chi connectivity index (χ0v) is 13.5. The normalized spacial score (nSPS) is 23.7. The van der Waals surface area contributed by atoms with Crippen LogP contribution in [0.2, 0.25) is 0 Å². The fourth-order valence-electron chi connectivity index (χ4n) is 2.94. The fourth-order valence-corrected chi connectivity index (χ4v) is 3.88. The van der Waals surface area contributed by atoms with Gasteiger partial charge in [0.05, 0.1) is 6.26 Å². The minimum atomic E-state index is -3.02. The van der Waals surface area contributed by atoms with E-state index in [1.54, 1.807) is 4.31 Å². The molecule has 0 radical (unpaired) electrons. The van der Waals surface area contributed by atoms with Gasteiger partial charge in [-0.1, -0.05) is 6.92 Å². The number of hydrogen-bond donors (Lipinski definition) is 1. The number of rotatable bonds is 7. The van der Waals surface area contributed by atoms with Gasteiger partial charge in [0.1, 0.15) is 0 Å². The van der Waals surface area contributed by atoms with Crippen molar-refractivity contribution in [3.8, 4) is 0 Å². The summed E-state index contributed by atoms with van der Waals surface area (Å²) in [5, 5.41) is 3.19. The molecular weight excluding hydrogens is 262 g/mol. The highest BCUT2D eigenvalue weighted by Crippen LogP contribution is 2.19. The Balaban J connectivity index is 2.40. The second kappa shape index (κ2) is 7.57. The first-order valence-electron chi connectivity index (χ1n) is 7.11. The Labute approximate surface area is 118 Å². The van der Waals surface area contributed by atoms with Gasteiger partial charge in [-0.25, -0.2) is 12.7 Å². The Bertz CT molecular complexity index is 359. The second-order valence-corrected chi connectivity index (χ2v) is 8.00. The van der Waals surface area contributed by atoms with E-state index in [0.29, 0.717) is 24.9 Å². The Morgan fingerprint density at radius 2 is 2.16 bits per heavy atom. The average molecular weight is 291 g/mol. The van der Waals surface area contributed by atoms with Crippen LogP contribution in [0.25, 0.3) is 0 Å². The molecule has 5 nitrogen and oxygen atoms in total. The molecule has 19 heavy (non-hydrogen) atoms. The molecule has 6 heteroatoms. The molecule has 1 aliphatic heterocycles. The summed E-state index contributed by atoms with van der Waals surface area (Å²) in [5.41, 5.74) is 0. The van der Waals surface area contributed by atoms with Crippen molar-refractivity contribution in [1.29, 1.82) is 0 Å². The van der Waals surface area contributed by atoms with Crippen LogP contribution in [0, 0.1) is 11.8 Å². The smallest absolute Gasteiger partial charge is 0.211 e. The molecule has 0 saturated carbocycles. The van der Waals surface area contributed by atoms with Gasteiger partial charge in [-0.3, -0.25) is 0 Å². The molecule has 2 unspecified atom stereocenters. The molecule has 0 amide bonds. The molecule has 1 rings (SSSR count). The SMILES string of the molecule is CNCC(C)CN(C)CC1CCCN(S(C)(=O)=O)C1. The third-order valence-electron chi connectivity index (χ3n) is 3.70. The lowest BCUT2D eigenvalue weighted by molar-refractivity contribution is 0.187. The van der Waals surface area contributed by atoms with Crippen LogP contribution in [-0.4, -0.2) is 70.7 Å². The summed E-state index contributed by atoms with van der Waals surface area (Å²) in [7, 11) is 1.08. The van der Waals surface area contributed by atoms with Crippen LogP contribution in [0.15, 0.2) is 0 Å². The molecule has 0 aromatic rings. The Hall–Kier alpha value is -0.170. The van der Waals surface area contributed by atoms with Gasteiger partial charge in [0.15, 0.2) is 0 Å². The number of piperidine rings is 1. The second-order valence-electron chi connectivity index (χ2n) is 6.01. The van der Waals surface area contributed by atoms with E-state index < -0.39 is 10.0 Å². The number of nitrogens with zero attached hydrogens (tertiary/aromatic N) is 2. The van der Waals surface area contributed by atoms with Gasteiger partial charge in [-0.2, -0.15) is 0 Å². The van der Waals surface area contributed by atoms with E-state index in [1.165, 1.54) is 6.26 Å². The summed E-state index contributed by atoms with van der Waals surface area (Å²) >= 11 is 0. The zero-order chi connectivity index (χ0) is 14.5. The zero-order valence-electron chi connectivity index (χ0n) is 12.7. The summed E-state index contributed by atoms with van der Waals surface area (Å²) in [5.74, 6) is 1.08. The van der Waals surface area contributed by atoms with E-state index in [0.717, 1.165) is 32.5 Å². The van der Waals surface area contributed by atoms with Crippen molar-refractivity contribution in [1.82, 2.24) is 14.5 Å². The predicted molar refractivity (Wildman–Crippen MR) is 79.7 cm³/mol. The summed E-state index contributed by atoms with van der Waals surface area (Å²) in [6, 6.07) is 0. The molecule has 1 N–H and O–H groups in total. The molecule has 114 valence electrons. The minimum Gasteiger partial charge on any atom is -0.319 e. The van der Waals surface area contributed by atoms with Crippen molar-refractivity contribution >= 4 is 10.0 Å². The van der Waals surface area contributed by atoms with Gasteiger partial charge in [0.25, 0.3) is 0 Å². The van der Waals surface area contributed by atoms with Crippen LogP contribution >= 0.6 is 0 Å². The first-order chi connectivity index (χ1) is 8.82. The molecule has 0 aromatic heterocycles. The van der Waals surface area contributed by atoms with Crippen LogP contribution in [0.5, 0.6) is 0 Å². The van der Waals surface area contributed by atoms with E-state index in [-0.39, 0.29) is 0 Å². The number of sulfonamides is 1. The van der Waals surface area contributed by atoms with Crippen LogP contribution in [-0.2, 0) is 10.0 Å². The highest BCUT2D eigenvalue weighted by molar-refractivity contribution is 7.88. The molecule has 0 bridgehead atoms. The highest BCUT2D eigenvalue weighted by Gasteiger charge is 2.26. The van der Waals surface area contributed by atoms with Crippen molar-refractivity contribution in [2.75, 3.05) is 53.1 Å². The standard InChI is InChI=1S/C13H29N3O2S/c1-12(8-14-2)9-15(3)10-13-6-5-7-16(11-13)19(4,17)18/h12-14H,5-11H2,1-4H3. The maximum absolute atomic E-state index is 11.6. The molecule has 1 heterocycles. The van der Waals surface area contributed by atoms with Gasteiger partial charge in [0, 0.05) is 26.2 Å². The van der Waals surface area contributed by atoms with E-state index in [2.05, 4.69) is 24.2 Å². The monoisotopic (exact) mass is 291 g/mol. The van der Waals surface area contributed by atoms with Gasteiger partial charge >= 0.3 is 0 Å². The van der Waals surface area contributed by atoms with E-state index >= 15 is 0 Å². The van der Waals surface area contributed by atoms with E-state index in [1.807, 2.05) is 7.05 Å². The first-order valence-corrected chi connectivity index (χ1v) is 8.96. The van der Waals surface area contributed by atoms with Gasteiger partial charge in [-0.15, -0.1) is 0 Å². The van der Waals surface area contributed by atoms with Crippen molar-refractivity contribution in [2.45, 2.75) is 19.8 Å². The summed E-state index contributed by atoms with van der Waals surface area (Å²) in [6.45, 7) is 6.66.